The summed E-state index contributed by atoms with van der Waals surface area (Å²) in [5.74, 6) is -0.795. The number of nitrogens with two attached hydrogens (primary N) is 1. The number of ether oxygens (including phenoxy) is 3. The summed E-state index contributed by atoms with van der Waals surface area (Å²) in [4.78, 5) is 68.5. The van der Waals surface area contributed by atoms with Crippen molar-refractivity contribution in [3.8, 4) is 5.82 Å². The number of aliphatic hydroxyl groups is 1. The van der Waals surface area contributed by atoms with Crippen molar-refractivity contribution in [2.75, 3.05) is 94.9 Å². The third-order valence-corrected chi connectivity index (χ3v) is 11.9. The van der Waals surface area contributed by atoms with Crippen molar-refractivity contribution in [1.82, 2.24) is 34.9 Å². The maximum atomic E-state index is 13.4. The monoisotopic (exact) mass is 966 g/mol. The van der Waals surface area contributed by atoms with Crippen molar-refractivity contribution >= 4 is 51.8 Å². The molecule has 0 unspecified atom stereocenters. The minimum atomic E-state index is -1.19. The fourth-order valence-corrected chi connectivity index (χ4v) is 7.93. The van der Waals surface area contributed by atoms with Gasteiger partial charge in [-0.3, -0.25) is 19.2 Å². The molecule has 3 amide bonds. The molecule has 7 N–H and O–H groups in total. The second kappa shape index (κ2) is 24.3. The van der Waals surface area contributed by atoms with Crippen molar-refractivity contribution in [3.05, 3.63) is 107 Å². The molecule has 1 saturated heterocycles. The molecule has 6 rings (SSSR count). The van der Waals surface area contributed by atoms with E-state index in [9.17, 15) is 24.3 Å². The standard InChI is InChI=1S/C50H68N12O8/c1-8-21-60-48(66)40-31-52-49(58-45(40)61(60)42-11-9-10-41(56-42)50(5,6)67)55-38-16-18-39(19-17-38)59-22-24-62(7,25-23-59)32-36-12-14-37(15-13-36)54-46(64)35(4)53-47(65)44(34(2)3)57-43(63)33-70-30-29-69-28-27-68-26-20-51/h8-19,31,34-35,44,67H,1,20-30,32-33,51H2,2-7H3,(H3-,52,53,54,55,57,58,63,64,65,66)/p+1/t35-,44-/m0/s1. The minimum Gasteiger partial charge on any atom is -0.384 e. The number of hydrogen-bond acceptors (Lipinski definition) is 14. The molecule has 376 valence electrons. The Kier molecular flexibility index (Phi) is 18.4. The number of benzene rings is 2. The van der Waals surface area contributed by atoms with Crippen LogP contribution < -0.4 is 37.5 Å². The zero-order valence-corrected chi connectivity index (χ0v) is 41.1. The molecule has 70 heavy (non-hydrogen) atoms. The van der Waals surface area contributed by atoms with Crippen LogP contribution >= 0.6 is 0 Å². The van der Waals surface area contributed by atoms with E-state index in [1.165, 1.54) is 10.9 Å². The summed E-state index contributed by atoms with van der Waals surface area (Å²) < 4.78 is 20.0. The Morgan fingerprint density at radius 1 is 0.886 bits per heavy atom. The number of allylic oxidation sites excluding steroid dienone is 1. The number of fused-ring (bicyclic) bond motifs is 1. The van der Waals surface area contributed by atoms with Gasteiger partial charge in [0.25, 0.3) is 5.56 Å². The summed E-state index contributed by atoms with van der Waals surface area (Å²) in [6.07, 6.45) is 3.14. The summed E-state index contributed by atoms with van der Waals surface area (Å²) in [6, 6.07) is 19.4. The van der Waals surface area contributed by atoms with Crippen LogP contribution in [0.25, 0.3) is 16.9 Å². The van der Waals surface area contributed by atoms with Crippen molar-refractivity contribution in [2.45, 2.75) is 65.4 Å². The molecule has 2 aromatic carbocycles. The molecule has 20 nitrogen and oxygen atoms in total. The Morgan fingerprint density at radius 2 is 1.54 bits per heavy atom. The number of nitrogens with one attached hydrogen (secondary N) is 4. The summed E-state index contributed by atoms with van der Waals surface area (Å²) >= 11 is 0. The van der Waals surface area contributed by atoms with Crippen molar-refractivity contribution in [3.63, 3.8) is 0 Å². The maximum Gasteiger partial charge on any atom is 0.278 e. The normalized spacial score (nSPS) is 14.6. The average Bonchev–Trinajstić information content (AvgIpc) is 3.60. The number of quaternary nitrogens is 1. The van der Waals surface area contributed by atoms with Crippen LogP contribution in [0.5, 0.6) is 0 Å². The SMILES string of the molecule is C=CCn1c(=O)c2cnc(Nc3ccc(N4CC[N+](C)(Cc5ccc(NC(=O)[C@H](C)NC(=O)[C@@H](NC(=O)COCCOCCOCCN)C(C)C)cc5)CC4)cc3)nc2n1-c1cccc(C(C)(C)O)n1. The van der Waals surface area contributed by atoms with Crippen molar-refractivity contribution in [2.24, 2.45) is 11.7 Å². The van der Waals surface area contributed by atoms with Crippen LogP contribution in [0, 0.1) is 5.92 Å². The number of piperazine rings is 1. The largest absolute Gasteiger partial charge is 0.384 e. The first-order valence-electron chi connectivity index (χ1n) is 23.7. The van der Waals surface area contributed by atoms with Gasteiger partial charge >= 0.3 is 0 Å². The first-order valence-corrected chi connectivity index (χ1v) is 23.7. The fourth-order valence-electron chi connectivity index (χ4n) is 7.93. The predicted molar refractivity (Wildman–Crippen MR) is 269 cm³/mol. The predicted octanol–water partition coefficient (Wildman–Crippen LogP) is 3.19. The van der Waals surface area contributed by atoms with Crippen molar-refractivity contribution < 1.29 is 38.2 Å². The Morgan fingerprint density at radius 3 is 2.19 bits per heavy atom. The van der Waals surface area contributed by atoms with Gasteiger partial charge in [-0.15, -0.1) is 6.58 Å². The summed E-state index contributed by atoms with van der Waals surface area (Å²) in [7, 11) is 2.26. The van der Waals surface area contributed by atoms with Gasteiger partial charge in [-0.25, -0.2) is 19.3 Å². The highest BCUT2D eigenvalue weighted by Crippen LogP contribution is 2.26. The van der Waals surface area contributed by atoms with Crippen LogP contribution in [0.2, 0.25) is 0 Å². The van der Waals surface area contributed by atoms with Gasteiger partial charge in [0.15, 0.2) is 11.5 Å². The van der Waals surface area contributed by atoms with E-state index in [2.05, 4.69) is 61.9 Å². The zero-order valence-electron chi connectivity index (χ0n) is 41.1. The van der Waals surface area contributed by atoms with E-state index >= 15 is 0 Å². The zero-order chi connectivity index (χ0) is 50.4. The molecule has 1 fully saturated rings. The molecule has 0 saturated carbocycles. The minimum absolute atomic E-state index is 0.206. The van der Waals surface area contributed by atoms with Gasteiger partial charge in [0.1, 0.15) is 36.2 Å². The number of likely N-dealkylation sites (N-methyl/N-ethyl adjacent to an activating group) is 1. The lowest BCUT2D eigenvalue weighted by Crippen LogP contribution is -2.56. The molecule has 0 bridgehead atoms. The Hall–Kier alpha value is -6.55. The molecule has 0 spiro atoms. The number of amides is 3. The molecular formula is C50H69N12O8+. The third kappa shape index (κ3) is 14.3. The molecule has 0 aliphatic carbocycles. The summed E-state index contributed by atoms with van der Waals surface area (Å²) in [5.41, 5.74) is 8.36. The lowest BCUT2D eigenvalue weighted by molar-refractivity contribution is -0.923. The van der Waals surface area contributed by atoms with E-state index in [-0.39, 0.29) is 37.1 Å². The molecule has 3 aromatic heterocycles. The number of aromatic nitrogens is 5. The molecule has 1 aliphatic heterocycles. The van der Waals surface area contributed by atoms with Crippen LogP contribution in [0.15, 0.2) is 90.4 Å². The topological polar surface area (TPSA) is 242 Å². The Bertz CT molecular complexity index is 2600. The fraction of sp³-hybridized carbons (Fsp3) is 0.460. The van der Waals surface area contributed by atoms with E-state index in [0.29, 0.717) is 67.2 Å². The maximum absolute atomic E-state index is 13.4. The molecule has 20 heteroatoms. The number of anilines is 4. The molecule has 1 aliphatic rings. The highest BCUT2D eigenvalue weighted by molar-refractivity contribution is 5.98. The van der Waals surface area contributed by atoms with E-state index in [0.717, 1.165) is 54.1 Å². The van der Waals surface area contributed by atoms with Crippen LogP contribution in [0.4, 0.5) is 23.0 Å². The van der Waals surface area contributed by atoms with Gasteiger partial charge in [-0.1, -0.05) is 38.1 Å². The number of hydrogen-bond donors (Lipinski definition) is 6. The Balaban J connectivity index is 0.962. The van der Waals surface area contributed by atoms with Crippen LogP contribution in [0.3, 0.4) is 0 Å². The van der Waals surface area contributed by atoms with Crippen LogP contribution in [-0.4, -0.2) is 143 Å². The first kappa shape index (κ1) is 52.8. The van der Waals surface area contributed by atoms with Gasteiger partial charge in [-0.2, -0.15) is 4.98 Å². The molecular weight excluding hydrogens is 897 g/mol. The molecule has 5 aromatic rings. The van der Waals surface area contributed by atoms with Gasteiger partial charge < -0.3 is 55.7 Å². The lowest BCUT2D eigenvalue weighted by atomic mass is 10.0. The smallest absolute Gasteiger partial charge is 0.278 e. The number of carbonyl (C=O) groups excluding carboxylic acids is 3. The second-order valence-electron chi connectivity index (χ2n) is 18.5. The van der Waals surface area contributed by atoms with Gasteiger partial charge in [0.05, 0.1) is 78.5 Å². The van der Waals surface area contributed by atoms with E-state index < -0.39 is 29.5 Å². The number of pyridine rings is 1. The van der Waals surface area contributed by atoms with Crippen LogP contribution in [0.1, 0.15) is 45.9 Å². The number of nitrogens with zero attached hydrogens (tertiary/aromatic N) is 7. The van der Waals surface area contributed by atoms with E-state index in [4.69, 9.17) is 24.9 Å². The molecule has 4 heterocycles. The molecule has 2 atom stereocenters. The van der Waals surface area contributed by atoms with Gasteiger partial charge in [0, 0.05) is 35.4 Å². The van der Waals surface area contributed by atoms with Crippen LogP contribution in [-0.2, 0) is 47.3 Å². The number of rotatable bonds is 25. The van der Waals surface area contributed by atoms with Gasteiger partial charge in [0.2, 0.25) is 23.7 Å². The quantitative estimate of drug-likeness (QED) is 0.0280. The Labute approximate surface area is 408 Å². The average molecular weight is 966 g/mol. The lowest BCUT2D eigenvalue weighted by Gasteiger charge is -2.43. The summed E-state index contributed by atoms with van der Waals surface area (Å²) in [6.45, 7) is 19.0. The first-order chi connectivity index (χ1) is 33.5. The second-order valence-corrected chi connectivity index (χ2v) is 18.5. The van der Waals surface area contributed by atoms with E-state index in [1.807, 2.05) is 50.2 Å². The highest BCUT2D eigenvalue weighted by atomic mass is 16.5. The highest BCUT2D eigenvalue weighted by Gasteiger charge is 2.30. The third-order valence-electron chi connectivity index (χ3n) is 11.9. The number of carbonyl (C=O) groups is 3. The van der Waals surface area contributed by atoms with Crippen molar-refractivity contribution in [1.29, 1.82) is 0 Å². The summed E-state index contributed by atoms with van der Waals surface area (Å²) in [5, 5.41) is 22.6. The molecule has 0 radical (unpaired) electrons. The van der Waals surface area contributed by atoms with E-state index in [1.54, 1.807) is 49.7 Å². The van der Waals surface area contributed by atoms with Gasteiger partial charge in [-0.05, 0) is 75.2 Å².